The SMILES string of the molecule is CNCCCC(=O)N(C)OC.Cl. The molecule has 0 fully saturated rings. The van der Waals surface area contributed by atoms with Gasteiger partial charge in [-0.3, -0.25) is 9.63 Å². The van der Waals surface area contributed by atoms with Gasteiger partial charge >= 0.3 is 0 Å². The third-order valence-corrected chi connectivity index (χ3v) is 1.44. The predicted octanol–water partition coefficient (Wildman–Crippen LogP) is 0.428. The number of carbonyl (C=O) groups excluding carboxylic acids is 1. The predicted molar refractivity (Wildman–Crippen MR) is 50.2 cm³/mol. The lowest BCUT2D eigenvalue weighted by Crippen LogP contribution is -2.25. The Labute approximate surface area is 79.6 Å². The molecule has 12 heavy (non-hydrogen) atoms. The minimum atomic E-state index is 0. The van der Waals surface area contributed by atoms with Crippen LogP contribution in [-0.2, 0) is 9.63 Å². The summed E-state index contributed by atoms with van der Waals surface area (Å²) in [5.74, 6) is 0.0164. The van der Waals surface area contributed by atoms with E-state index in [1.165, 1.54) is 12.2 Å². The first kappa shape index (κ1) is 14.2. The molecule has 1 amide bonds. The maximum Gasteiger partial charge on any atom is 0.245 e. The Morgan fingerprint density at radius 3 is 2.58 bits per heavy atom. The molecule has 0 rings (SSSR count). The van der Waals surface area contributed by atoms with Gasteiger partial charge in [0.2, 0.25) is 5.91 Å². The Kier molecular flexibility index (Phi) is 10.4. The summed E-state index contributed by atoms with van der Waals surface area (Å²) in [6.45, 7) is 0.864. The van der Waals surface area contributed by atoms with Gasteiger partial charge in [-0.15, -0.1) is 12.4 Å². The van der Waals surface area contributed by atoms with E-state index in [1.54, 1.807) is 7.05 Å². The average molecular weight is 197 g/mol. The molecule has 0 radical (unpaired) electrons. The van der Waals surface area contributed by atoms with Crippen LogP contribution in [0.3, 0.4) is 0 Å². The van der Waals surface area contributed by atoms with Crippen molar-refractivity contribution in [2.24, 2.45) is 0 Å². The smallest absolute Gasteiger partial charge is 0.245 e. The number of hydrogen-bond donors (Lipinski definition) is 1. The Balaban J connectivity index is 0. The van der Waals surface area contributed by atoms with Gasteiger partial charge in [0.05, 0.1) is 7.11 Å². The van der Waals surface area contributed by atoms with Crippen LogP contribution in [0.2, 0.25) is 0 Å². The fraction of sp³-hybridized carbons (Fsp3) is 0.857. The van der Waals surface area contributed by atoms with Crippen molar-refractivity contribution >= 4 is 18.3 Å². The van der Waals surface area contributed by atoms with Crippen molar-refractivity contribution in [1.29, 1.82) is 0 Å². The van der Waals surface area contributed by atoms with Gasteiger partial charge in [0.25, 0.3) is 0 Å². The van der Waals surface area contributed by atoms with Gasteiger partial charge < -0.3 is 5.32 Å². The highest BCUT2D eigenvalue weighted by molar-refractivity contribution is 5.85. The van der Waals surface area contributed by atoms with Crippen LogP contribution in [0.1, 0.15) is 12.8 Å². The maximum atomic E-state index is 11.0. The molecular formula is C7H17ClN2O2. The molecule has 0 aliphatic rings. The molecule has 1 N–H and O–H groups in total. The van der Waals surface area contributed by atoms with Crippen LogP contribution >= 0.6 is 12.4 Å². The summed E-state index contributed by atoms with van der Waals surface area (Å²) in [5.41, 5.74) is 0. The summed E-state index contributed by atoms with van der Waals surface area (Å²) in [5, 5.41) is 4.21. The van der Waals surface area contributed by atoms with Crippen molar-refractivity contribution in [3.8, 4) is 0 Å². The molecule has 4 nitrogen and oxygen atoms in total. The number of carbonyl (C=O) groups is 1. The standard InChI is InChI=1S/C7H16N2O2.ClH/c1-8-6-4-5-7(10)9(2)11-3;/h8H,4-6H2,1-3H3;1H. The zero-order chi connectivity index (χ0) is 8.69. The molecule has 0 heterocycles. The molecule has 0 unspecified atom stereocenters. The topological polar surface area (TPSA) is 41.6 Å². The van der Waals surface area contributed by atoms with Crippen molar-refractivity contribution < 1.29 is 9.63 Å². The Bertz CT molecular complexity index is 122. The Hall–Kier alpha value is -0.320. The molecular weight excluding hydrogens is 180 g/mol. The van der Waals surface area contributed by atoms with E-state index in [1.807, 2.05) is 7.05 Å². The van der Waals surface area contributed by atoms with Crippen LogP contribution in [-0.4, -0.2) is 38.7 Å². The van der Waals surface area contributed by atoms with Crippen molar-refractivity contribution in [3.63, 3.8) is 0 Å². The molecule has 0 saturated carbocycles. The summed E-state index contributed by atoms with van der Waals surface area (Å²) in [4.78, 5) is 15.7. The highest BCUT2D eigenvalue weighted by Crippen LogP contribution is 1.93. The molecule has 0 spiro atoms. The molecule has 0 aromatic rings. The minimum absolute atomic E-state index is 0. The minimum Gasteiger partial charge on any atom is -0.320 e. The molecule has 0 aromatic carbocycles. The van der Waals surface area contributed by atoms with E-state index in [0.29, 0.717) is 6.42 Å². The van der Waals surface area contributed by atoms with Crippen molar-refractivity contribution in [1.82, 2.24) is 10.4 Å². The fourth-order valence-corrected chi connectivity index (χ4v) is 0.676. The monoisotopic (exact) mass is 196 g/mol. The highest BCUT2D eigenvalue weighted by atomic mass is 35.5. The summed E-state index contributed by atoms with van der Waals surface area (Å²) in [7, 11) is 4.96. The average Bonchev–Trinajstić information content (AvgIpc) is 2.03. The van der Waals surface area contributed by atoms with Gasteiger partial charge in [0, 0.05) is 13.5 Å². The summed E-state index contributed by atoms with van der Waals surface area (Å²) >= 11 is 0. The number of hydrogen-bond acceptors (Lipinski definition) is 3. The normalized spacial score (nSPS) is 8.92. The van der Waals surface area contributed by atoms with Gasteiger partial charge in [-0.05, 0) is 20.0 Å². The van der Waals surface area contributed by atoms with Crippen LogP contribution in [0.5, 0.6) is 0 Å². The van der Waals surface area contributed by atoms with Crippen LogP contribution < -0.4 is 5.32 Å². The van der Waals surface area contributed by atoms with Gasteiger partial charge in [0.1, 0.15) is 0 Å². The second-order valence-corrected chi connectivity index (χ2v) is 2.28. The fourth-order valence-electron chi connectivity index (χ4n) is 0.676. The first-order valence-corrected chi connectivity index (χ1v) is 3.67. The van der Waals surface area contributed by atoms with E-state index in [0.717, 1.165) is 13.0 Å². The van der Waals surface area contributed by atoms with Gasteiger partial charge in [-0.1, -0.05) is 0 Å². The molecule has 5 heteroatoms. The number of nitrogens with one attached hydrogen (secondary N) is 1. The number of halogens is 1. The van der Waals surface area contributed by atoms with Crippen LogP contribution in [0, 0.1) is 0 Å². The zero-order valence-electron chi connectivity index (χ0n) is 7.79. The molecule has 0 aromatic heterocycles. The second-order valence-electron chi connectivity index (χ2n) is 2.28. The van der Waals surface area contributed by atoms with E-state index in [4.69, 9.17) is 4.84 Å². The number of amides is 1. The number of nitrogens with zero attached hydrogens (tertiary/aromatic N) is 1. The Morgan fingerprint density at radius 2 is 2.17 bits per heavy atom. The molecule has 0 saturated heterocycles. The summed E-state index contributed by atoms with van der Waals surface area (Å²) in [6.07, 6.45) is 1.38. The lowest BCUT2D eigenvalue weighted by Gasteiger charge is -2.12. The first-order chi connectivity index (χ1) is 5.22. The summed E-state index contributed by atoms with van der Waals surface area (Å²) < 4.78 is 0. The van der Waals surface area contributed by atoms with Gasteiger partial charge in [0.15, 0.2) is 0 Å². The molecule has 0 aliphatic carbocycles. The molecule has 0 aliphatic heterocycles. The lowest BCUT2D eigenvalue weighted by atomic mass is 10.3. The first-order valence-electron chi connectivity index (χ1n) is 3.67. The van der Waals surface area contributed by atoms with Crippen molar-refractivity contribution in [2.45, 2.75) is 12.8 Å². The number of rotatable bonds is 5. The summed E-state index contributed by atoms with van der Waals surface area (Å²) in [6, 6.07) is 0. The largest absolute Gasteiger partial charge is 0.320 e. The van der Waals surface area contributed by atoms with Gasteiger partial charge in [-0.25, -0.2) is 5.06 Å². The highest BCUT2D eigenvalue weighted by Gasteiger charge is 2.05. The number of hydroxylamine groups is 2. The van der Waals surface area contributed by atoms with Crippen LogP contribution in [0.4, 0.5) is 0 Å². The van der Waals surface area contributed by atoms with E-state index in [2.05, 4.69) is 5.32 Å². The third kappa shape index (κ3) is 6.39. The van der Waals surface area contributed by atoms with Crippen molar-refractivity contribution in [2.75, 3.05) is 27.7 Å². The van der Waals surface area contributed by atoms with E-state index < -0.39 is 0 Å². The molecule has 0 atom stereocenters. The van der Waals surface area contributed by atoms with E-state index in [-0.39, 0.29) is 18.3 Å². The van der Waals surface area contributed by atoms with E-state index >= 15 is 0 Å². The zero-order valence-corrected chi connectivity index (χ0v) is 8.61. The van der Waals surface area contributed by atoms with Gasteiger partial charge in [-0.2, -0.15) is 0 Å². The maximum absolute atomic E-state index is 11.0. The van der Waals surface area contributed by atoms with Crippen molar-refractivity contribution in [3.05, 3.63) is 0 Å². The van der Waals surface area contributed by atoms with Crippen LogP contribution in [0.25, 0.3) is 0 Å². The molecule has 0 bridgehead atoms. The van der Waals surface area contributed by atoms with E-state index in [9.17, 15) is 4.79 Å². The van der Waals surface area contributed by atoms with Crippen LogP contribution in [0.15, 0.2) is 0 Å². The quantitative estimate of drug-likeness (QED) is 0.512. The second kappa shape index (κ2) is 8.77. The lowest BCUT2D eigenvalue weighted by molar-refractivity contribution is -0.168. The molecule has 74 valence electrons. The third-order valence-electron chi connectivity index (χ3n) is 1.44. The Morgan fingerprint density at radius 1 is 1.58 bits per heavy atom.